The van der Waals surface area contributed by atoms with E-state index in [9.17, 15) is 14.7 Å². The van der Waals surface area contributed by atoms with Gasteiger partial charge in [-0.1, -0.05) is 29.3 Å². The molecule has 1 aliphatic carbocycles. The summed E-state index contributed by atoms with van der Waals surface area (Å²) in [6, 6.07) is 7.65. The quantitative estimate of drug-likeness (QED) is 0.167. The van der Waals surface area contributed by atoms with Crippen LogP contribution in [0.1, 0.15) is 70.7 Å². The van der Waals surface area contributed by atoms with Crippen molar-refractivity contribution >= 4 is 46.0 Å². The standard InChI is InChI=1S/C33H38Cl2N4O4/c1-17-15-23(16-18(2)29(17)35)43-14-6-7-24-25-12-13-26(34)28(27-19(3)38-39(5)20(27)4)30(25)37-31(24)32(40)36-22-10-8-21(9-11-22)33(41)42/h12-13,15-16,21-22,37H,6-11,14H2,1-5H3,(H,36,40)(H,41,42)/t21-,22-. The second-order valence-corrected chi connectivity index (χ2v) is 12.5. The van der Waals surface area contributed by atoms with Crippen LogP contribution in [0, 0.1) is 33.6 Å². The van der Waals surface area contributed by atoms with E-state index in [0.29, 0.717) is 55.8 Å². The molecule has 0 atom stereocenters. The van der Waals surface area contributed by atoms with Crippen LogP contribution in [0.3, 0.4) is 0 Å². The second-order valence-electron chi connectivity index (χ2n) is 11.7. The third kappa shape index (κ3) is 6.27. The lowest BCUT2D eigenvalue weighted by Crippen LogP contribution is -2.39. The first-order chi connectivity index (χ1) is 20.5. The van der Waals surface area contributed by atoms with Crippen molar-refractivity contribution in [3.63, 3.8) is 0 Å². The van der Waals surface area contributed by atoms with Crippen molar-refractivity contribution in [2.45, 2.75) is 72.3 Å². The maximum Gasteiger partial charge on any atom is 0.306 e. The monoisotopic (exact) mass is 624 g/mol. The van der Waals surface area contributed by atoms with E-state index in [4.69, 9.17) is 27.9 Å². The number of ether oxygens (including phenoxy) is 1. The molecule has 1 amide bonds. The number of carboxylic acid groups (broad SMARTS) is 1. The van der Waals surface area contributed by atoms with Crippen molar-refractivity contribution in [3.8, 4) is 16.9 Å². The Balaban J connectivity index is 1.46. The molecule has 2 aromatic carbocycles. The zero-order valence-electron chi connectivity index (χ0n) is 25.2. The van der Waals surface area contributed by atoms with Crippen LogP contribution < -0.4 is 10.1 Å². The lowest BCUT2D eigenvalue weighted by Gasteiger charge is -2.26. The van der Waals surface area contributed by atoms with E-state index in [1.165, 1.54) is 0 Å². The molecule has 10 heteroatoms. The molecule has 228 valence electrons. The second kappa shape index (κ2) is 12.6. The van der Waals surface area contributed by atoms with Crippen LogP contribution in [0.2, 0.25) is 10.0 Å². The van der Waals surface area contributed by atoms with Crippen LogP contribution in [-0.2, 0) is 18.3 Å². The van der Waals surface area contributed by atoms with Crippen LogP contribution >= 0.6 is 23.2 Å². The average molecular weight is 626 g/mol. The van der Waals surface area contributed by atoms with Crippen molar-refractivity contribution < 1.29 is 19.4 Å². The Morgan fingerprint density at radius 2 is 1.74 bits per heavy atom. The number of amides is 1. The van der Waals surface area contributed by atoms with E-state index in [-0.39, 0.29) is 17.9 Å². The average Bonchev–Trinajstić information content (AvgIpc) is 3.45. The number of carbonyl (C=O) groups is 2. The first kappa shape index (κ1) is 31.0. The maximum absolute atomic E-state index is 13.8. The number of hydrogen-bond acceptors (Lipinski definition) is 4. The molecular weight excluding hydrogens is 587 g/mol. The number of aromatic nitrogens is 3. The van der Waals surface area contributed by atoms with Gasteiger partial charge in [-0.2, -0.15) is 5.10 Å². The van der Waals surface area contributed by atoms with Gasteiger partial charge in [0.05, 0.1) is 28.8 Å². The maximum atomic E-state index is 13.8. The third-order valence-corrected chi connectivity index (χ3v) is 9.59. The summed E-state index contributed by atoms with van der Waals surface area (Å²) in [6.07, 6.45) is 3.67. The molecule has 0 saturated heterocycles. The summed E-state index contributed by atoms with van der Waals surface area (Å²) in [6.45, 7) is 8.35. The Morgan fingerprint density at radius 3 is 2.35 bits per heavy atom. The molecule has 3 N–H and O–H groups in total. The van der Waals surface area contributed by atoms with Gasteiger partial charge in [0, 0.05) is 40.3 Å². The van der Waals surface area contributed by atoms with E-state index < -0.39 is 5.97 Å². The molecule has 1 saturated carbocycles. The third-order valence-electron chi connectivity index (χ3n) is 8.68. The van der Waals surface area contributed by atoms with E-state index in [1.54, 1.807) is 0 Å². The molecule has 8 nitrogen and oxygen atoms in total. The predicted molar refractivity (Wildman–Crippen MR) is 171 cm³/mol. The molecule has 43 heavy (non-hydrogen) atoms. The number of aromatic amines is 1. The minimum Gasteiger partial charge on any atom is -0.494 e. The normalized spacial score (nSPS) is 16.9. The number of H-pyrrole nitrogens is 1. The van der Waals surface area contributed by atoms with Gasteiger partial charge in [-0.25, -0.2) is 0 Å². The lowest BCUT2D eigenvalue weighted by molar-refractivity contribution is -0.142. The van der Waals surface area contributed by atoms with Crippen molar-refractivity contribution in [3.05, 3.63) is 68.1 Å². The van der Waals surface area contributed by atoms with Crippen LogP contribution in [0.15, 0.2) is 24.3 Å². The minimum atomic E-state index is -0.765. The predicted octanol–water partition coefficient (Wildman–Crippen LogP) is 7.49. The largest absolute Gasteiger partial charge is 0.494 e. The Labute approximate surface area is 261 Å². The molecule has 5 rings (SSSR count). The number of nitrogens with one attached hydrogen (secondary N) is 2. The summed E-state index contributed by atoms with van der Waals surface area (Å²) in [5, 5.41) is 19.4. The smallest absolute Gasteiger partial charge is 0.306 e. The summed E-state index contributed by atoms with van der Waals surface area (Å²) in [4.78, 5) is 28.7. The number of rotatable bonds is 9. The number of nitrogens with zero attached hydrogens (tertiary/aromatic N) is 2. The summed E-state index contributed by atoms with van der Waals surface area (Å²) in [5.41, 5.74) is 7.73. The first-order valence-corrected chi connectivity index (χ1v) is 15.5. The van der Waals surface area contributed by atoms with Crippen LogP contribution in [0.5, 0.6) is 5.75 Å². The Bertz CT molecular complexity index is 1680. The highest BCUT2D eigenvalue weighted by atomic mass is 35.5. The van der Waals surface area contributed by atoms with E-state index >= 15 is 0 Å². The van der Waals surface area contributed by atoms with Crippen LogP contribution in [0.25, 0.3) is 22.0 Å². The number of halogens is 2. The molecule has 0 spiro atoms. The fourth-order valence-corrected chi connectivity index (χ4v) is 6.66. The van der Waals surface area contributed by atoms with E-state index in [0.717, 1.165) is 60.9 Å². The number of carboxylic acids is 1. The SMILES string of the molecule is Cc1cc(OCCCc2c(C(=O)N[C@H]3CC[C@H](C(=O)O)CC3)[nH]c3c(-c4c(C)nn(C)c4C)c(Cl)ccc23)cc(C)c1Cl. The van der Waals surface area contributed by atoms with E-state index in [1.807, 2.05) is 63.7 Å². The van der Waals surface area contributed by atoms with Crippen molar-refractivity contribution in [2.75, 3.05) is 6.61 Å². The van der Waals surface area contributed by atoms with Crippen LogP contribution in [-0.4, -0.2) is 44.4 Å². The highest BCUT2D eigenvalue weighted by Gasteiger charge is 2.29. The van der Waals surface area contributed by atoms with Gasteiger partial charge in [0.25, 0.3) is 5.91 Å². The number of carbonyl (C=O) groups excluding carboxylic acids is 1. The fraction of sp³-hybridized carbons (Fsp3) is 0.424. The molecule has 0 radical (unpaired) electrons. The number of fused-ring (bicyclic) bond motifs is 1. The molecule has 4 aromatic rings. The topological polar surface area (TPSA) is 109 Å². The van der Waals surface area contributed by atoms with Crippen LogP contribution in [0.4, 0.5) is 0 Å². The molecule has 0 bridgehead atoms. The first-order valence-electron chi connectivity index (χ1n) is 14.7. The van der Waals surface area contributed by atoms with E-state index in [2.05, 4.69) is 15.4 Å². The summed E-state index contributed by atoms with van der Waals surface area (Å²) < 4.78 is 7.92. The molecule has 2 heterocycles. The van der Waals surface area contributed by atoms with Gasteiger partial charge in [0.2, 0.25) is 0 Å². The van der Waals surface area contributed by atoms with Crippen molar-refractivity contribution in [1.82, 2.24) is 20.1 Å². The Kier molecular flexibility index (Phi) is 9.09. The minimum absolute atomic E-state index is 0.0760. The van der Waals surface area contributed by atoms with Crippen molar-refractivity contribution in [1.29, 1.82) is 0 Å². The highest BCUT2D eigenvalue weighted by molar-refractivity contribution is 6.35. The molecule has 0 aliphatic heterocycles. The number of hydrogen-bond donors (Lipinski definition) is 3. The molecular formula is C33H38Cl2N4O4. The zero-order chi connectivity index (χ0) is 31.0. The summed E-state index contributed by atoms with van der Waals surface area (Å²) in [5.74, 6) is -0.540. The molecule has 1 aliphatic rings. The molecule has 2 aromatic heterocycles. The zero-order valence-corrected chi connectivity index (χ0v) is 26.7. The van der Waals surface area contributed by atoms with Gasteiger partial charge >= 0.3 is 5.97 Å². The number of benzene rings is 2. The van der Waals surface area contributed by atoms with Crippen molar-refractivity contribution in [2.24, 2.45) is 13.0 Å². The summed E-state index contributed by atoms with van der Waals surface area (Å²) >= 11 is 13.1. The van der Waals surface area contributed by atoms with Gasteiger partial charge in [0.1, 0.15) is 11.4 Å². The Morgan fingerprint density at radius 1 is 1.07 bits per heavy atom. The highest BCUT2D eigenvalue weighted by Crippen LogP contribution is 2.40. The Hall–Kier alpha value is -3.49. The number of aliphatic carboxylic acids is 1. The van der Waals surface area contributed by atoms with Gasteiger partial charge < -0.3 is 20.1 Å². The summed E-state index contributed by atoms with van der Waals surface area (Å²) in [7, 11) is 1.90. The van der Waals surface area contributed by atoms with Gasteiger partial charge in [0.15, 0.2) is 0 Å². The molecule has 1 fully saturated rings. The van der Waals surface area contributed by atoms with Gasteiger partial charge in [-0.15, -0.1) is 0 Å². The van der Waals surface area contributed by atoms with Gasteiger partial charge in [-0.3, -0.25) is 14.3 Å². The fourth-order valence-electron chi connectivity index (χ4n) is 6.30. The van der Waals surface area contributed by atoms with Gasteiger partial charge in [-0.05, 0) is 101 Å². The number of aryl methyl sites for hydroxylation is 5. The molecule has 0 unspecified atom stereocenters. The lowest BCUT2D eigenvalue weighted by atomic mass is 9.86.